The summed E-state index contributed by atoms with van der Waals surface area (Å²) in [6, 6.07) is 16.2. The summed E-state index contributed by atoms with van der Waals surface area (Å²) < 4.78 is 68.6. The van der Waals surface area contributed by atoms with Crippen LogP contribution in [-0.4, -0.2) is 35.9 Å². The molecule has 3 aromatic carbocycles. The van der Waals surface area contributed by atoms with E-state index in [9.17, 15) is 21.6 Å². The largest absolute Gasteiger partial charge is 0.486 e. The fourth-order valence-corrected chi connectivity index (χ4v) is 4.66. The van der Waals surface area contributed by atoms with Gasteiger partial charge in [-0.25, -0.2) is 13.4 Å². The molecule has 0 amide bonds. The Morgan fingerprint density at radius 1 is 1.00 bits per heavy atom. The Bertz CT molecular complexity index is 1380. The van der Waals surface area contributed by atoms with Crippen molar-refractivity contribution in [1.29, 1.82) is 0 Å². The maximum Gasteiger partial charge on any atom is 0.416 e. The van der Waals surface area contributed by atoms with Crippen LogP contribution in [0.3, 0.4) is 0 Å². The second-order valence-corrected chi connectivity index (χ2v) is 9.34. The quantitative estimate of drug-likeness (QED) is 0.407. The van der Waals surface area contributed by atoms with Crippen molar-refractivity contribution in [3.05, 3.63) is 78.1 Å². The Hall–Kier alpha value is -3.37. The highest BCUT2D eigenvalue weighted by atomic mass is 32.2. The fraction of sp³-hybridized carbons (Fsp3) is 0.174. The standard InChI is InChI=1S/C23H19F3N2O4S/c24-23(25,26)16-6-8-17(9-7-16)32-14-22-27-19-10-5-15(13-20(19)28-22)18-3-1-2-4-21(18)33(30,31)12-11-29/h1-10,13,29H,11-12,14H2,(H,27,28). The molecule has 33 heavy (non-hydrogen) atoms. The van der Waals surface area contributed by atoms with Crippen molar-refractivity contribution in [2.75, 3.05) is 12.4 Å². The van der Waals surface area contributed by atoms with Crippen LogP contribution >= 0.6 is 0 Å². The minimum Gasteiger partial charge on any atom is -0.486 e. The molecule has 4 aromatic rings. The number of aliphatic hydroxyl groups is 1. The zero-order chi connectivity index (χ0) is 23.6. The van der Waals surface area contributed by atoms with Crippen LogP contribution in [0.15, 0.2) is 71.6 Å². The average Bonchev–Trinajstić information content (AvgIpc) is 3.19. The number of rotatable bonds is 7. The lowest BCUT2D eigenvalue weighted by Crippen LogP contribution is -2.11. The van der Waals surface area contributed by atoms with E-state index in [4.69, 9.17) is 9.84 Å². The van der Waals surface area contributed by atoms with Gasteiger partial charge in [0.2, 0.25) is 0 Å². The normalized spacial score (nSPS) is 12.2. The molecule has 172 valence electrons. The number of hydrogen-bond donors (Lipinski definition) is 2. The average molecular weight is 476 g/mol. The molecule has 0 fully saturated rings. The maximum atomic E-state index is 12.7. The fourth-order valence-electron chi connectivity index (χ4n) is 3.40. The molecule has 0 atom stereocenters. The van der Waals surface area contributed by atoms with E-state index in [0.717, 1.165) is 12.1 Å². The van der Waals surface area contributed by atoms with Gasteiger partial charge in [-0.2, -0.15) is 13.2 Å². The lowest BCUT2D eigenvalue weighted by molar-refractivity contribution is -0.137. The lowest BCUT2D eigenvalue weighted by atomic mass is 10.1. The van der Waals surface area contributed by atoms with Crippen molar-refractivity contribution in [2.45, 2.75) is 17.7 Å². The third kappa shape index (κ3) is 5.01. The van der Waals surface area contributed by atoms with Gasteiger partial charge in [0, 0.05) is 5.56 Å². The number of hydrogen-bond acceptors (Lipinski definition) is 5. The van der Waals surface area contributed by atoms with Gasteiger partial charge < -0.3 is 14.8 Å². The minimum atomic E-state index is -4.41. The second kappa shape index (κ2) is 8.87. The summed E-state index contributed by atoms with van der Waals surface area (Å²) in [6.07, 6.45) is -4.41. The molecule has 0 radical (unpaired) electrons. The first kappa shape index (κ1) is 22.8. The molecule has 0 saturated heterocycles. The number of halogens is 3. The monoisotopic (exact) mass is 476 g/mol. The van der Waals surface area contributed by atoms with Crippen LogP contribution in [0.4, 0.5) is 13.2 Å². The number of aromatic nitrogens is 2. The van der Waals surface area contributed by atoms with E-state index < -0.39 is 28.2 Å². The molecule has 6 nitrogen and oxygen atoms in total. The van der Waals surface area contributed by atoms with Crippen LogP contribution in [0.5, 0.6) is 5.75 Å². The first-order chi connectivity index (χ1) is 15.7. The third-order valence-electron chi connectivity index (χ3n) is 4.98. The second-order valence-electron chi connectivity index (χ2n) is 7.26. The number of nitrogens with one attached hydrogen (secondary N) is 1. The molecule has 0 unspecified atom stereocenters. The van der Waals surface area contributed by atoms with E-state index in [1.165, 1.54) is 18.2 Å². The Morgan fingerprint density at radius 3 is 2.42 bits per heavy atom. The SMILES string of the molecule is O=S(=O)(CCO)c1ccccc1-c1ccc2nc(COc3ccc(C(F)(F)F)cc3)[nH]c2c1. The number of ether oxygens (including phenoxy) is 1. The molecular weight excluding hydrogens is 457 g/mol. The van der Waals surface area contributed by atoms with E-state index in [2.05, 4.69) is 9.97 Å². The molecule has 1 aromatic heterocycles. The number of fused-ring (bicyclic) bond motifs is 1. The van der Waals surface area contributed by atoms with Crippen molar-refractivity contribution in [3.8, 4) is 16.9 Å². The highest BCUT2D eigenvalue weighted by molar-refractivity contribution is 7.91. The third-order valence-corrected chi connectivity index (χ3v) is 6.73. The highest BCUT2D eigenvalue weighted by Crippen LogP contribution is 2.31. The van der Waals surface area contributed by atoms with Crippen molar-refractivity contribution in [3.63, 3.8) is 0 Å². The van der Waals surface area contributed by atoms with Crippen LogP contribution in [0.2, 0.25) is 0 Å². The smallest absolute Gasteiger partial charge is 0.416 e. The Morgan fingerprint density at radius 2 is 1.73 bits per heavy atom. The molecule has 10 heteroatoms. The number of aromatic amines is 1. The molecule has 2 N–H and O–H groups in total. The Balaban J connectivity index is 1.57. The van der Waals surface area contributed by atoms with Gasteiger partial charge in [0.15, 0.2) is 9.84 Å². The first-order valence-corrected chi connectivity index (χ1v) is 11.5. The number of benzene rings is 3. The molecule has 0 spiro atoms. The molecule has 0 bridgehead atoms. The van der Waals surface area contributed by atoms with Gasteiger partial charge in [-0.3, -0.25) is 0 Å². The zero-order valence-corrected chi connectivity index (χ0v) is 17.9. The van der Waals surface area contributed by atoms with E-state index in [1.54, 1.807) is 36.4 Å². The van der Waals surface area contributed by atoms with Gasteiger partial charge in [0.25, 0.3) is 0 Å². The van der Waals surface area contributed by atoms with Crippen molar-refractivity contribution in [1.82, 2.24) is 9.97 Å². The lowest BCUT2D eigenvalue weighted by Gasteiger charge is -2.10. The maximum absolute atomic E-state index is 12.7. The summed E-state index contributed by atoms with van der Waals surface area (Å²) in [4.78, 5) is 7.63. The molecular formula is C23H19F3N2O4S. The number of nitrogens with zero attached hydrogens (tertiary/aromatic N) is 1. The highest BCUT2D eigenvalue weighted by Gasteiger charge is 2.30. The summed E-state index contributed by atoms with van der Waals surface area (Å²) in [6.45, 7) is -0.463. The van der Waals surface area contributed by atoms with Crippen molar-refractivity contribution >= 4 is 20.9 Å². The molecule has 4 rings (SSSR count). The van der Waals surface area contributed by atoms with Gasteiger partial charge >= 0.3 is 6.18 Å². The molecule has 1 heterocycles. The summed E-state index contributed by atoms with van der Waals surface area (Å²) in [5, 5.41) is 9.10. The topological polar surface area (TPSA) is 92.3 Å². The predicted molar refractivity (Wildman–Crippen MR) is 116 cm³/mol. The van der Waals surface area contributed by atoms with Crippen molar-refractivity contribution < 1.29 is 31.4 Å². The molecule has 0 aliphatic heterocycles. The summed E-state index contributed by atoms with van der Waals surface area (Å²) in [7, 11) is -3.66. The van der Waals surface area contributed by atoms with E-state index in [1.807, 2.05) is 0 Å². The number of H-pyrrole nitrogens is 1. The van der Waals surface area contributed by atoms with Crippen LogP contribution < -0.4 is 4.74 Å². The van der Waals surface area contributed by atoms with E-state index in [-0.39, 0.29) is 23.0 Å². The first-order valence-electron chi connectivity index (χ1n) is 9.89. The van der Waals surface area contributed by atoms with Crippen LogP contribution in [0.1, 0.15) is 11.4 Å². The van der Waals surface area contributed by atoms with Crippen molar-refractivity contribution in [2.24, 2.45) is 0 Å². The summed E-state index contributed by atoms with van der Waals surface area (Å²) >= 11 is 0. The van der Waals surface area contributed by atoms with Gasteiger partial charge in [-0.1, -0.05) is 24.3 Å². The number of imidazole rings is 1. The van der Waals surface area contributed by atoms with E-state index >= 15 is 0 Å². The minimum absolute atomic E-state index is 0.0108. The van der Waals surface area contributed by atoms with Gasteiger partial charge in [0.05, 0.1) is 33.9 Å². The Kier molecular flexibility index (Phi) is 6.13. The van der Waals surface area contributed by atoms with E-state index in [0.29, 0.717) is 28.0 Å². The van der Waals surface area contributed by atoms with Crippen LogP contribution in [0.25, 0.3) is 22.2 Å². The summed E-state index contributed by atoms with van der Waals surface area (Å²) in [5.41, 5.74) is 1.67. The number of aliphatic hydroxyl groups excluding tert-OH is 1. The van der Waals surface area contributed by atoms with Crippen LogP contribution in [-0.2, 0) is 22.6 Å². The molecule has 0 saturated carbocycles. The molecule has 0 aliphatic carbocycles. The Labute approximate surface area is 187 Å². The molecule has 0 aliphatic rings. The summed E-state index contributed by atoms with van der Waals surface area (Å²) in [5.74, 6) is 0.359. The number of sulfone groups is 1. The van der Waals surface area contributed by atoms with Crippen LogP contribution in [0, 0.1) is 0 Å². The van der Waals surface area contributed by atoms with Gasteiger partial charge in [-0.05, 0) is 48.0 Å². The van der Waals surface area contributed by atoms with Gasteiger partial charge in [-0.15, -0.1) is 0 Å². The zero-order valence-electron chi connectivity index (χ0n) is 17.1. The predicted octanol–water partition coefficient (Wildman–Crippen LogP) is 4.59. The number of alkyl halides is 3. The van der Waals surface area contributed by atoms with Gasteiger partial charge in [0.1, 0.15) is 18.2 Å².